The minimum absolute atomic E-state index is 0.623. The van der Waals surface area contributed by atoms with Crippen LogP contribution in [-0.2, 0) is 0 Å². The molecule has 0 aromatic heterocycles. The fourth-order valence-corrected chi connectivity index (χ4v) is 3.21. The molecule has 2 bridgehead atoms. The van der Waals surface area contributed by atoms with Gasteiger partial charge in [0.1, 0.15) is 0 Å². The Kier molecular flexibility index (Phi) is 8.11. The smallest absolute Gasteiger partial charge is 0.235 e. The van der Waals surface area contributed by atoms with E-state index in [0.717, 1.165) is 24.9 Å². The molecule has 2 fully saturated rings. The van der Waals surface area contributed by atoms with Gasteiger partial charge in [-0.2, -0.15) is 0 Å². The van der Waals surface area contributed by atoms with Crippen molar-refractivity contribution in [3.63, 3.8) is 0 Å². The van der Waals surface area contributed by atoms with E-state index in [1.165, 1.54) is 25.7 Å². The minimum Gasteiger partial charge on any atom is -0.300 e. The monoisotopic (exact) mass is 277 g/mol. The molecule has 116 valence electrons. The van der Waals surface area contributed by atoms with Crippen LogP contribution in [0, 0.1) is 11.3 Å². The van der Waals surface area contributed by atoms with Crippen molar-refractivity contribution in [3.05, 3.63) is 0 Å². The number of piperidine rings is 1. The molecule has 2 rings (SSSR count). The van der Waals surface area contributed by atoms with Crippen LogP contribution in [0.15, 0.2) is 0 Å². The maximum Gasteiger partial charge on any atom is 0.235 e. The topological polar surface area (TPSA) is 3.24 Å². The Morgan fingerprint density at radius 1 is 1.00 bits per heavy atom. The predicted octanol–water partition coefficient (Wildman–Crippen LogP) is 5.20. The van der Waals surface area contributed by atoms with E-state index in [1.54, 1.807) is 0 Å². The zero-order valence-corrected chi connectivity index (χ0v) is 13.8. The van der Waals surface area contributed by atoms with Gasteiger partial charge in [0, 0.05) is 12.1 Å². The molecule has 19 heavy (non-hydrogen) atoms. The lowest BCUT2D eigenvalue weighted by atomic mass is 9.69. The fourth-order valence-electron chi connectivity index (χ4n) is 3.21. The maximum atomic E-state index is 10.3. The highest BCUT2D eigenvalue weighted by Gasteiger charge is 2.45. The highest BCUT2D eigenvalue weighted by atomic mass is 19.3. The summed E-state index contributed by atoms with van der Waals surface area (Å²) in [7, 11) is 2.32. The van der Waals surface area contributed by atoms with Gasteiger partial charge in [0.2, 0.25) is 6.43 Å². The summed E-state index contributed by atoms with van der Waals surface area (Å²) in [5.74, 6) is 0.851. The molecule has 0 aromatic rings. The van der Waals surface area contributed by atoms with E-state index >= 15 is 0 Å². The SMILES string of the molecule is CC.CC(C)C1(C)CC2CCC(C1)N2C.CC(F)F. The van der Waals surface area contributed by atoms with E-state index in [2.05, 4.69) is 32.7 Å². The van der Waals surface area contributed by atoms with Crippen molar-refractivity contribution in [2.75, 3.05) is 7.05 Å². The highest BCUT2D eigenvalue weighted by Crippen LogP contribution is 2.48. The van der Waals surface area contributed by atoms with E-state index in [4.69, 9.17) is 0 Å². The maximum absolute atomic E-state index is 10.3. The second-order valence-electron chi connectivity index (χ2n) is 6.29. The average Bonchev–Trinajstić information content (AvgIpc) is 2.54. The Labute approximate surface area is 118 Å². The minimum atomic E-state index is -2.17. The normalized spacial score (nSPS) is 33.6. The van der Waals surface area contributed by atoms with Crippen molar-refractivity contribution in [1.82, 2.24) is 4.90 Å². The number of rotatable bonds is 1. The number of fused-ring (bicyclic) bond motifs is 2. The molecule has 0 saturated carbocycles. The van der Waals surface area contributed by atoms with Crippen LogP contribution in [0.2, 0.25) is 0 Å². The summed E-state index contributed by atoms with van der Waals surface area (Å²) in [6.07, 6.45) is 3.59. The zero-order chi connectivity index (χ0) is 15.2. The lowest BCUT2D eigenvalue weighted by molar-refractivity contribution is 0.0395. The Morgan fingerprint density at radius 3 is 1.58 bits per heavy atom. The molecule has 0 amide bonds. The average molecular weight is 277 g/mol. The van der Waals surface area contributed by atoms with E-state index in [1.807, 2.05) is 13.8 Å². The number of halogens is 2. The van der Waals surface area contributed by atoms with Gasteiger partial charge in [-0.15, -0.1) is 0 Å². The molecule has 0 radical (unpaired) electrons. The Hall–Kier alpha value is -0.180. The predicted molar refractivity (Wildman–Crippen MR) is 79.8 cm³/mol. The van der Waals surface area contributed by atoms with Crippen LogP contribution in [0.1, 0.15) is 67.2 Å². The fraction of sp³-hybridized carbons (Fsp3) is 1.00. The van der Waals surface area contributed by atoms with Gasteiger partial charge in [0.05, 0.1) is 0 Å². The van der Waals surface area contributed by atoms with E-state index in [0.29, 0.717) is 5.41 Å². The second kappa shape index (κ2) is 8.18. The van der Waals surface area contributed by atoms with Crippen molar-refractivity contribution < 1.29 is 8.78 Å². The molecule has 2 saturated heterocycles. The van der Waals surface area contributed by atoms with Crippen LogP contribution in [0.5, 0.6) is 0 Å². The number of nitrogens with zero attached hydrogens (tertiary/aromatic N) is 1. The van der Waals surface area contributed by atoms with Crippen molar-refractivity contribution in [2.45, 2.75) is 85.7 Å². The van der Waals surface area contributed by atoms with Gasteiger partial charge in [0.25, 0.3) is 0 Å². The number of hydrogen-bond donors (Lipinski definition) is 0. The van der Waals surface area contributed by atoms with Gasteiger partial charge in [-0.1, -0.05) is 34.6 Å². The summed E-state index contributed by atoms with van der Waals surface area (Å²) in [4.78, 5) is 2.63. The van der Waals surface area contributed by atoms with Gasteiger partial charge < -0.3 is 4.90 Å². The molecule has 2 heterocycles. The molecule has 0 spiro atoms. The lowest BCUT2D eigenvalue weighted by Gasteiger charge is -2.45. The quantitative estimate of drug-likeness (QED) is 0.636. The molecule has 2 aliphatic rings. The van der Waals surface area contributed by atoms with Gasteiger partial charge in [-0.25, -0.2) is 8.78 Å². The first-order chi connectivity index (χ1) is 8.76. The summed E-state index contributed by atoms with van der Waals surface area (Å²) >= 11 is 0. The van der Waals surface area contributed by atoms with Crippen molar-refractivity contribution >= 4 is 0 Å². The third-order valence-electron chi connectivity index (χ3n) is 4.78. The van der Waals surface area contributed by atoms with E-state index in [-0.39, 0.29) is 0 Å². The Morgan fingerprint density at radius 2 is 1.32 bits per heavy atom. The second-order valence-corrected chi connectivity index (χ2v) is 6.29. The first-order valence-corrected chi connectivity index (χ1v) is 7.76. The van der Waals surface area contributed by atoms with E-state index in [9.17, 15) is 8.78 Å². The van der Waals surface area contributed by atoms with Crippen molar-refractivity contribution in [1.29, 1.82) is 0 Å². The lowest BCUT2D eigenvalue weighted by Crippen LogP contribution is -2.46. The van der Waals surface area contributed by atoms with Crippen molar-refractivity contribution in [2.24, 2.45) is 11.3 Å². The molecule has 0 N–H and O–H groups in total. The van der Waals surface area contributed by atoms with Crippen LogP contribution >= 0.6 is 0 Å². The summed E-state index contributed by atoms with van der Waals surface area (Å²) < 4.78 is 20.7. The molecule has 2 unspecified atom stereocenters. The molecule has 2 atom stereocenters. The molecular formula is C16H33F2N. The molecule has 2 aliphatic heterocycles. The highest BCUT2D eigenvalue weighted by molar-refractivity contribution is 4.99. The number of alkyl halides is 2. The third kappa shape index (κ3) is 5.37. The first-order valence-electron chi connectivity index (χ1n) is 7.76. The van der Waals surface area contributed by atoms with Crippen LogP contribution in [0.3, 0.4) is 0 Å². The number of hydrogen-bond acceptors (Lipinski definition) is 1. The largest absolute Gasteiger partial charge is 0.300 e. The molecular weight excluding hydrogens is 244 g/mol. The van der Waals surface area contributed by atoms with Crippen molar-refractivity contribution in [3.8, 4) is 0 Å². The van der Waals surface area contributed by atoms with Gasteiger partial charge in [-0.05, 0) is 51.0 Å². The van der Waals surface area contributed by atoms with E-state index < -0.39 is 6.43 Å². The molecule has 3 heteroatoms. The summed E-state index contributed by atoms with van der Waals surface area (Å²) in [6.45, 7) is 12.1. The zero-order valence-electron chi connectivity index (χ0n) is 13.8. The first kappa shape index (κ1) is 18.8. The molecule has 1 nitrogen and oxygen atoms in total. The third-order valence-corrected chi connectivity index (χ3v) is 4.78. The Bertz CT molecular complexity index is 224. The Balaban J connectivity index is 0.000000467. The molecule has 0 aliphatic carbocycles. The summed E-state index contributed by atoms with van der Waals surface area (Å²) in [6, 6.07) is 1.79. The standard InChI is InChI=1S/C12H23N.C2H4F2.C2H6/c1-9(2)12(3)7-10-5-6-11(8-12)13(10)4;1-2(3)4;1-2/h9-11H,5-8H2,1-4H3;2H,1H3;1-2H3. The van der Waals surface area contributed by atoms with Gasteiger partial charge >= 0.3 is 0 Å². The molecule has 0 aromatic carbocycles. The van der Waals surface area contributed by atoms with Crippen LogP contribution in [0.4, 0.5) is 8.78 Å². The summed E-state index contributed by atoms with van der Waals surface area (Å²) in [5.41, 5.74) is 0.623. The van der Waals surface area contributed by atoms with Gasteiger partial charge in [0.15, 0.2) is 0 Å². The summed E-state index contributed by atoms with van der Waals surface area (Å²) in [5, 5.41) is 0. The van der Waals surface area contributed by atoms with Crippen LogP contribution < -0.4 is 0 Å². The van der Waals surface area contributed by atoms with Crippen LogP contribution in [-0.4, -0.2) is 30.5 Å². The van der Waals surface area contributed by atoms with Crippen LogP contribution in [0.25, 0.3) is 0 Å². The van der Waals surface area contributed by atoms with Gasteiger partial charge in [-0.3, -0.25) is 0 Å².